The Bertz CT molecular complexity index is 516. The Kier molecular flexibility index (Phi) is 4.11. The molecule has 4 nitrogen and oxygen atoms in total. The van der Waals surface area contributed by atoms with Crippen LogP contribution in [0.15, 0.2) is 18.2 Å². The number of carboxylic acids is 1. The maximum atomic E-state index is 13.9. The van der Waals surface area contributed by atoms with Crippen LogP contribution in [0.4, 0.5) is 4.39 Å². The van der Waals surface area contributed by atoms with E-state index in [0.29, 0.717) is 12.1 Å². The first-order valence-electron chi connectivity index (χ1n) is 6.69. The summed E-state index contributed by atoms with van der Waals surface area (Å²) in [6, 6.07) is 4.06. The molecule has 0 amide bonds. The second-order valence-electron chi connectivity index (χ2n) is 5.97. The first-order valence-corrected chi connectivity index (χ1v) is 6.69. The van der Waals surface area contributed by atoms with E-state index in [1.54, 1.807) is 6.07 Å². The molecule has 1 aliphatic heterocycles. The van der Waals surface area contributed by atoms with Gasteiger partial charge in [0.2, 0.25) is 0 Å². The first kappa shape index (κ1) is 14.9. The number of aromatic carboxylic acids is 1. The molecule has 1 N–H and O–H groups in total. The van der Waals surface area contributed by atoms with E-state index in [0.717, 1.165) is 19.2 Å². The van der Waals surface area contributed by atoms with Crippen molar-refractivity contribution in [3.8, 4) is 0 Å². The Morgan fingerprint density at radius 2 is 2.25 bits per heavy atom. The van der Waals surface area contributed by atoms with Crippen LogP contribution in [0.5, 0.6) is 0 Å². The van der Waals surface area contributed by atoms with Gasteiger partial charge >= 0.3 is 5.97 Å². The highest BCUT2D eigenvalue weighted by Gasteiger charge is 2.31. The lowest BCUT2D eigenvalue weighted by atomic mass is 10.0. The maximum absolute atomic E-state index is 13.9. The van der Waals surface area contributed by atoms with Gasteiger partial charge in [-0.2, -0.15) is 0 Å². The summed E-state index contributed by atoms with van der Waals surface area (Å²) < 4.78 is 19.7. The van der Waals surface area contributed by atoms with Crippen molar-refractivity contribution >= 4 is 5.97 Å². The van der Waals surface area contributed by atoms with Gasteiger partial charge in [0.25, 0.3) is 0 Å². The highest BCUT2D eigenvalue weighted by atomic mass is 19.1. The van der Waals surface area contributed by atoms with Gasteiger partial charge in [-0.3, -0.25) is 4.90 Å². The molecule has 0 aliphatic carbocycles. The fraction of sp³-hybridized carbons (Fsp3) is 0.533. The van der Waals surface area contributed by atoms with E-state index in [2.05, 4.69) is 4.90 Å². The molecule has 5 heteroatoms. The van der Waals surface area contributed by atoms with Crippen LogP contribution in [0.1, 0.15) is 36.7 Å². The van der Waals surface area contributed by atoms with Gasteiger partial charge in [0.15, 0.2) is 0 Å². The zero-order chi connectivity index (χ0) is 14.9. The number of halogens is 1. The molecular weight excluding hydrogens is 261 g/mol. The van der Waals surface area contributed by atoms with E-state index < -0.39 is 11.8 Å². The fourth-order valence-corrected chi connectivity index (χ4v) is 2.76. The highest BCUT2D eigenvalue weighted by molar-refractivity contribution is 5.87. The van der Waals surface area contributed by atoms with Crippen molar-refractivity contribution in [2.45, 2.75) is 39.0 Å². The summed E-state index contributed by atoms with van der Waals surface area (Å²) in [5, 5.41) is 8.83. The molecular formula is C15H20FNO3. The van der Waals surface area contributed by atoms with Gasteiger partial charge in [0.05, 0.1) is 17.3 Å². The van der Waals surface area contributed by atoms with E-state index in [1.807, 2.05) is 20.8 Å². The van der Waals surface area contributed by atoms with Gasteiger partial charge in [0, 0.05) is 25.2 Å². The molecule has 1 aromatic rings. The average Bonchev–Trinajstić information content (AvgIpc) is 2.28. The lowest BCUT2D eigenvalue weighted by Crippen LogP contribution is -2.51. The second-order valence-corrected chi connectivity index (χ2v) is 5.97. The molecule has 0 radical (unpaired) electrons. The molecule has 1 unspecified atom stereocenters. The van der Waals surface area contributed by atoms with Crippen LogP contribution in [0, 0.1) is 5.82 Å². The van der Waals surface area contributed by atoms with Gasteiger partial charge in [0.1, 0.15) is 5.82 Å². The summed E-state index contributed by atoms with van der Waals surface area (Å²) in [4.78, 5) is 12.9. The van der Waals surface area contributed by atoms with Crippen molar-refractivity contribution in [2.24, 2.45) is 0 Å². The van der Waals surface area contributed by atoms with Crippen molar-refractivity contribution in [1.29, 1.82) is 0 Å². The third kappa shape index (κ3) is 3.55. The Hall–Kier alpha value is -1.46. The maximum Gasteiger partial charge on any atom is 0.335 e. The normalized spacial score (nSPS) is 22.7. The molecule has 20 heavy (non-hydrogen) atoms. The Balaban J connectivity index is 2.12. The van der Waals surface area contributed by atoms with Crippen LogP contribution in [-0.2, 0) is 11.3 Å². The van der Waals surface area contributed by atoms with Crippen LogP contribution in [0.2, 0.25) is 0 Å². The molecule has 1 heterocycles. The van der Waals surface area contributed by atoms with E-state index in [-0.39, 0.29) is 17.3 Å². The quantitative estimate of drug-likeness (QED) is 0.925. The molecule has 0 aromatic heterocycles. The summed E-state index contributed by atoms with van der Waals surface area (Å²) in [6.07, 6.45) is 0.0973. The Morgan fingerprint density at radius 3 is 2.80 bits per heavy atom. The Morgan fingerprint density at radius 1 is 1.55 bits per heavy atom. The molecule has 1 fully saturated rings. The van der Waals surface area contributed by atoms with Crippen LogP contribution in [-0.4, -0.2) is 40.8 Å². The number of hydrogen-bond acceptors (Lipinski definition) is 3. The van der Waals surface area contributed by atoms with E-state index in [4.69, 9.17) is 9.84 Å². The van der Waals surface area contributed by atoms with Crippen molar-refractivity contribution in [2.75, 3.05) is 13.1 Å². The van der Waals surface area contributed by atoms with E-state index >= 15 is 0 Å². The van der Waals surface area contributed by atoms with E-state index in [9.17, 15) is 9.18 Å². The molecule has 1 saturated heterocycles. The van der Waals surface area contributed by atoms with Gasteiger partial charge in [-0.25, -0.2) is 9.18 Å². The monoisotopic (exact) mass is 281 g/mol. The number of ether oxygens (including phenoxy) is 1. The molecule has 2 rings (SSSR count). The minimum Gasteiger partial charge on any atom is -0.478 e. The molecule has 1 aromatic carbocycles. The zero-order valence-corrected chi connectivity index (χ0v) is 12.0. The van der Waals surface area contributed by atoms with Crippen LogP contribution in [0.3, 0.4) is 0 Å². The van der Waals surface area contributed by atoms with Gasteiger partial charge in [-0.1, -0.05) is 6.07 Å². The van der Waals surface area contributed by atoms with Crippen LogP contribution < -0.4 is 0 Å². The lowest BCUT2D eigenvalue weighted by Gasteiger charge is -2.41. The highest BCUT2D eigenvalue weighted by Crippen LogP contribution is 2.23. The van der Waals surface area contributed by atoms with Crippen molar-refractivity contribution in [1.82, 2.24) is 4.90 Å². The number of carboxylic acid groups (broad SMARTS) is 1. The molecule has 0 saturated carbocycles. The number of nitrogens with zero attached hydrogens (tertiary/aromatic N) is 1. The summed E-state index contributed by atoms with van der Waals surface area (Å²) in [5.41, 5.74) is 0.233. The number of carbonyl (C=O) groups is 1. The molecule has 110 valence electrons. The first-order chi connectivity index (χ1) is 9.27. The fourth-order valence-electron chi connectivity index (χ4n) is 2.76. The average molecular weight is 281 g/mol. The third-order valence-electron chi connectivity index (χ3n) is 3.33. The summed E-state index contributed by atoms with van der Waals surface area (Å²) in [7, 11) is 0. The minimum absolute atomic E-state index is 0.0260. The van der Waals surface area contributed by atoms with Gasteiger partial charge in [-0.15, -0.1) is 0 Å². The lowest BCUT2D eigenvalue weighted by molar-refractivity contribution is -0.130. The topological polar surface area (TPSA) is 49.8 Å². The number of rotatable bonds is 3. The van der Waals surface area contributed by atoms with Crippen LogP contribution >= 0.6 is 0 Å². The van der Waals surface area contributed by atoms with E-state index in [1.165, 1.54) is 6.07 Å². The summed E-state index contributed by atoms with van der Waals surface area (Å²) in [5.74, 6) is -1.58. The predicted molar refractivity (Wildman–Crippen MR) is 73.3 cm³/mol. The van der Waals surface area contributed by atoms with Crippen LogP contribution in [0.25, 0.3) is 0 Å². The SMILES string of the molecule is CC1CN(Cc2ccc(C(=O)O)cc2F)CC(C)(C)O1. The molecule has 1 atom stereocenters. The molecule has 1 aliphatic rings. The standard InChI is InChI=1S/C15H20FNO3/c1-10-7-17(9-15(2,3)20-10)8-12-5-4-11(14(18)19)6-13(12)16/h4-6,10H,7-9H2,1-3H3,(H,18,19). The second kappa shape index (κ2) is 5.50. The van der Waals surface area contributed by atoms with Crippen molar-refractivity contribution in [3.05, 3.63) is 35.1 Å². The number of morpholine rings is 1. The summed E-state index contributed by atoms with van der Waals surface area (Å²) in [6.45, 7) is 7.95. The smallest absolute Gasteiger partial charge is 0.335 e. The minimum atomic E-state index is -1.11. The van der Waals surface area contributed by atoms with Crippen molar-refractivity contribution in [3.63, 3.8) is 0 Å². The zero-order valence-electron chi connectivity index (χ0n) is 12.0. The van der Waals surface area contributed by atoms with Gasteiger partial charge in [-0.05, 0) is 32.9 Å². The predicted octanol–water partition coefficient (Wildman–Crippen LogP) is 2.52. The van der Waals surface area contributed by atoms with Gasteiger partial charge < -0.3 is 9.84 Å². The molecule has 0 spiro atoms. The largest absolute Gasteiger partial charge is 0.478 e. The third-order valence-corrected chi connectivity index (χ3v) is 3.33. The number of benzene rings is 1. The summed E-state index contributed by atoms with van der Waals surface area (Å²) >= 11 is 0. The molecule has 0 bridgehead atoms. The Labute approximate surface area is 118 Å². The van der Waals surface area contributed by atoms with Crippen molar-refractivity contribution < 1.29 is 19.0 Å². The number of hydrogen-bond donors (Lipinski definition) is 1.